The van der Waals surface area contributed by atoms with Gasteiger partial charge in [0.05, 0.1) is 0 Å². The minimum absolute atomic E-state index is 1.03. The summed E-state index contributed by atoms with van der Waals surface area (Å²) in [5.74, 6) is 0. The van der Waals surface area contributed by atoms with Gasteiger partial charge in [-0.3, -0.25) is 0 Å². The Kier molecular flexibility index (Phi) is 1.42. The van der Waals surface area contributed by atoms with E-state index in [2.05, 4.69) is 0 Å². The van der Waals surface area contributed by atoms with E-state index in [0.717, 1.165) is 0 Å². The second kappa shape index (κ2) is 1.83. The molecule has 0 aromatic heterocycles. The van der Waals surface area contributed by atoms with Gasteiger partial charge in [0.1, 0.15) is 6.17 Å². The maximum absolute atomic E-state index is 12.3. The average molecular weight is 160 g/mol. The first-order valence-electron chi connectivity index (χ1n) is 2.75. The van der Waals surface area contributed by atoms with Crippen molar-refractivity contribution in [1.29, 1.82) is 0 Å². The van der Waals surface area contributed by atoms with Crippen LogP contribution in [0.5, 0.6) is 0 Å². The number of rotatable bonds is 0. The van der Waals surface area contributed by atoms with Crippen molar-refractivity contribution < 1.29 is 22.0 Å². The number of halogens is 5. The summed E-state index contributed by atoms with van der Waals surface area (Å²) in [6.07, 6.45) is -8.57. The van der Waals surface area contributed by atoms with Gasteiger partial charge in [0.2, 0.25) is 5.67 Å². The van der Waals surface area contributed by atoms with Gasteiger partial charge in [0.15, 0.2) is 0 Å². The lowest BCUT2D eigenvalue weighted by Gasteiger charge is -2.37. The highest BCUT2D eigenvalue weighted by atomic mass is 19.4. The van der Waals surface area contributed by atoms with E-state index in [4.69, 9.17) is 0 Å². The summed E-state index contributed by atoms with van der Waals surface area (Å²) in [5.41, 5.74) is -3.24. The zero-order chi connectivity index (χ0) is 7.99. The van der Waals surface area contributed by atoms with Crippen LogP contribution < -0.4 is 0 Å². The first kappa shape index (κ1) is 7.75. The summed E-state index contributed by atoms with van der Waals surface area (Å²) in [6, 6.07) is 0. The molecule has 0 heterocycles. The van der Waals surface area contributed by atoms with E-state index in [1.807, 2.05) is 0 Å². The molecule has 1 fully saturated rings. The Labute approximate surface area is 54.0 Å². The number of alkyl halides is 5. The molecule has 0 radical (unpaired) electrons. The van der Waals surface area contributed by atoms with E-state index in [9.17, 15) is 22.0 Å². The Hall–Kier alpha value is -0.350. The monoisotopic (exact) mass is 160 g/mol. The van der Waals surface area contributed by atoms with Crippen molar-refractivity contribution in [2.24, 2.45) is 0 Å². The summed E-state index contributed by atoms with van der Waals surface area (Å²) < 4.78 is 58.7. The first-order chi connectivity index (χ1) is 4.35. The van der Waals surface area contributed by atoms with E-state index in [0.29, 0.717) is 0 Å². The molecule has 60 valence electrons. The summed E-state index contributed by atoms with van der Waals surface area (Å²) in [7, 11) is 0. The minimum Gasteiger partial charge on any atom is -0.247 e. The van der Waals surface area contributed by atoms with Gasteiger partial charge >= 0.3 is 6.18 Å². The Bertz CT molecular complexity index is 131. The second-order valence-electron chi connectivity index (χ2n) is 2.47. The molecule has 1 rings (SSSR count). The van der Waals surface area contributed by atoms with Gasteiger partial charge in [-0.2, -0.15) is 13.2 Å². The first-order valence-corrected chi connectivity index (χ1v) is 2.75. The predicted octanol–water partition coefficient (Wildman–Crippen LogP) is 2.39. The fourth-order valence-electron chi connectivity index (χ4n) is 0.874. The summed E-state index contributed by atoms with van der Waals surface area (Å²) in [5, 5.41) is 0. The SMILES string of the molecule is FC1CC(F)(C(F)(F)F)C1. The number of hydrogen-bond acceptors (Lipinski definition) is 0. The molecule has 0 amide bonds. The van der Waals surface area contributed by atoms with Crippen molar-refractivity contribution in [3.63, 3.8) is 0 Å². The molecule has 0 saturated heterocycles. The van der Waals surface area contributed by atoms with Gasteiger partial charge in [-0.15, -0.1) is 0 Å². The van der Waals surface area contributed by atoms with Gasteiger partial charge in [-0.1, -0.05) is 0 Å². The zero-order valence-electron chi connectivity index (χ0n) is 4.88. The molecule has 0 aromatic rings. The molecule has 10 heavy (non-hydrogen) atoms. The van der Waals surface area contributed by atoms with E-state index in [-0.39, 0.29) is 0 Å². The van der Waals surface area contributed by atoms with Crippen LogP contribution in [0.3, 0.4) is 0 Å². The maximum Gasteiger partial charge on any atom is 0.422 e. The lowest BCUT2D eigenvalue weighted by atomic mass is 9.80. The predicted molar refractivity (Wildman–Crippen MR) is 24.0 cm³/mol. The van der Waals surface area contributed by atoms with Crippen molar-refractivity contribution in [1.82, 2.24) is 0 Å². The quantitative estimate of drug-likeness (QED) is 0.477. The van der Waals surface area contributed by atoms with Gasteiger partial charge < -0.3 is 0 Å². The van der Waals surface area contributed by atoms with Gasteiger partial charge in [0.25, 0.3) is 0 Å². The highest BCUT2D eigenvalue weighted by molar-refractivity contribution is 5.00. The maximum atomic E-state index is 12.3. The Morgan fingerprint density at radius 1 is 1.20 bits per heavy atom. The Morgan fingerprint density at radius 2 is 1.60 bits per heavy atom. The van der Waals surface area contributed by atoms with Crippen LogP contribution in [-0.4, -0.2) is 18.0 Å². The Balaban J connectivity index is 2.57. The third kappa shape index (κ3) is 0.973. The topological polar surface area (TPSA) is 0 Å². The lowest BCUT2D eigenvalue weighted by Crippen LogP contribution is -2.52. The molecule has 0 spiro atoms. The van der Waals surface area contributed by atoms with Crippen LogP contribution in [0.4, 0.5) is 22.0 Å². The normalized spacial score (nSPS) is 41.1. The minimum atomic E-state index is -4.89. The van der Waals surface area contributed by atoms with Crippen LogP contribution in [0.2, 0.25) is 0 Å². The molecule has 1 saturated carbocycles. The van der Waals surface area contributed by atoms with Crippen LogP contribution in [0.25, 0.3) is 0 Å². The molecule has 5 heteroatoms. The molecule has 0 bridgehead atoms. The number of hydrogen-bond donors (Lipinski definition) is 0. The van der Waals surface area contributed by atoms with Crippen LogP contribution in [0.1, 0.15) is 12.8 Å². The van der Waals surface area contributed by atoms with Crippen LogP contribution in [0.15, 0.2) is 0 Å². The highest BCUT2D eigenvalue weighted by Crippen LogP contribution is 2.49. The van der Waals surface area contributed by atoms with E-state index in [1.54, 1.807) is 0 Å². The zero-order valence-corrected chi connectivity index (χ0v) is 4.88. The second-order valence-corrected chi connectivity index (χ2v) is 2.47. The fourth-order valence-corrected chi connectivity index (χ4v) is 0.874. The van der Waals surface area contributed by atoms with Gasteiger partial charge in [0, 0.05) is 12.8 Å². The largest absolute Gasteiger partial charge is 0.422 e. The smallest absolute Gasteiger partial charge is 0.247 e. The van der Waals surface area contributed by atoms with Gasteiger partial charge in [-0.25, -0.2) is 8.78 Å². The van der Waals surface area contributed by atoms with Crippen molar-refractivity contribution in [3.8, 4) is 0 Å². The lowest BCUT2D eigenvalue weighted by molar-refractivity contribution is -0.268. The molecule has 0 aromatic carbocycles. The standard InChI is InChI=1S/C5H5F5/c6-3-1-4(7,2-3)5(8,9)10/h3H,1-2H2. The molecule has 1 aliphatic carbocycles. The van der Waals surface area contributed by atoms with E-state index >= 15 is 0 Å². The molecule has 0 nitrogen and oxygen atoms in total. The average Bonchev–Trinajstić information content (AvgIpc) is 1.58. The highest BCUT2D eigenvalue weighted by Gasteiger charge is 2.63. The molecule has 0 atom stereocenters. The van der Waals surface area contributed by atoms with E-state index in [1.165, 1.54) is 0 Å². The van der Waals surface area contributed by atoms with Crippen molar-refractivity contribution >= 4 is 0 Å². The molecule has 0 aliphatic heterocycles. The summed E-state index contributed by atoms with van der Waals surface area (Å²) >= 11 is 0. The van der Waals surface area contributed by atoms with Crippen LogP contribution >= 0.6 is 0 Å². The molecule has 0 N–H and O–H groups in total. The molecule has 0 unspecified atom stereocenters. The fraction of sp³-hybridized carbons (Fsp3) is 1.00. The van der Waals surface area contributed by atoms with Crippen molar-refractivity contribution in [2.45, 2.75) is 30.9 Å². The Morgan fingerprint density at radius 3 is 1.70 bits per heavy atom. The summed E-state index contributed by atoms with van der Waals surface area (Å²) in [4.78, 5) is 0. The van der Waals surface area contributed by atoms with E-state index < -0.39 is 30.9 Å². The van der Waals surface area contributed by atoms with Gasteiger partial charge in [-0.05, 0) is 0 Å². The van der Waals surface area contributed by atoms with Crippen molar-refractivity contribution in [3.05, 3.63) is 0 Å². The molecule has 1 aliphatic rings. The summed E-state index contributed by atoms with van der Waals surface area (Å²) in [6.45, 7) is 0. The van der Waals surface area contributed by atoms with Crippen LogP contribution in [0, 0.1) is 0 Å². The van der Waals surface area contributed by atoms with Crippen LogP contribution in [-0.2, 0) is 0 Å². The van der Waals surface area contributed by atoms with Crippen molar-refractivity contribution in [2.75, 3.05) is 0 Å². The third-order valence-corrected chi connectivity index (χ3v) is 1.60. The molecular formula is C5H5F5. The molecular weight excluding hydrogens is 155 g/mol. The third-order valence-electron chi connectivity index (χ3n) is 1.60.